The standard InChI is InChI=1S/C17H13ClN2/c18-14-8-10-15(11-9-14)19-13-17-7-4-12-20(17)16-5-2-1-3-6-16/h1-13H. The zero-order valence-electron chi connectivity index (χ0n) is 10.8. The number of hydrogen-bond donors (Lipinski definition) is 0. The number of para-hydroxylation sites is 1. The number of benzene rings is 2. The number of nitrogens with zero attached hydrogens (tertiary/aromatic N) is 2. The van der Waals surface area contributed by atoms with Crippen LogP contribution in [0.15, 0.2) is 77.9 Å². The number of aromatic nitrogens is 1. The Labute approximate surface area is 123 Å². The summed E-state index contributed by atoms with van der Waals surface area (Å²) in [6.07, 6.45) is 3.88. The quantitative estimate of drug-likeness (QED) is 0.608. The van der Waals surface area contributed by atoms with Crippen molar-refractivity contribution >= 4 is 23.5 Å². The van der Waals surface area contributed by atoms with E-state index in [1.54, 1.807) is 0 Å². The Balaban J connectivity index is 1.89. The van der Waals surface area contributed by atoms with E-state index < -0.39 is 0 Å². The molecule has 2 nitrogen and oxygen atoms in total. The first-order valence-corrected chi connectivity index (χ1v) is 6.73. The van der Waals surface area contributed by atoms with E-state index in [9.17, 15) is 0 Å². The highest BCUT2D eigenvalue weighted by atomic mass is 35.5. The average molecular weight is 281 g/mol. The van der Waals surface area contributed by atoms with E-state index in [0.717, 1.165) is 22.1 Å². The minimum Gasteiger partial charge on any atom is -0.316 e. The summed E-state index contributed by atoms with van der Waals surface area (Å²) >= 11 is 5.86. The van der Waals surface area contributed by atoms with Crippen molar-refractivity contribution in [2.24, 2.45) is 4.99 Å². The molecule has 1 aromatic heterocycles. The fourth-order valence-corrected chi connectivity index (χ4v) is 2.12. The maximum atomic E-state index is 5.86. The fraction of sp³-hybridized carbons (Fsp3) is 0. The first-order valence-electron chi connectivity index (χ1n) is 6.35. The first kappa shape index (κ1) is 12.7. The van der Waals surface area contributed by atoms with Gasteiger partial charge in [0.2, 0.25) is 0 Å². The third-order valence-corrected chi connectivity index (χ3v) is 3.24. The van der Waals surface area contributed by atoms with Gasteiger partial charge in [-0.25, -0.2) is 0 Å². The molecule has 0 atom stereocenters. The second kappa shape index (κ2) is 5.76. The molecule has 3 aromatic rings. The Morgan fingerprint density at radius 1 is 0.850 bits per heavy atom. The Bertz CT molecular complexity index is 712. The lowest BCUT2D eigenvalue weighted by atomic mass is 10.3. The lowest BCUT2D eigenvalue weighted by molar-refractivity contribution is 1.07. The van der Waals surface area contributed by atoms with Crippen LogP contribution in [0.3, 0.4) is 0 Å². The van der Waals surface area contributed by atoms with E-state index in [0.29, 0.717) is 0 Å². The number of hydrogen-bond acceptors (Lipinski definition) is 1. The molecule has 0 fully saturated rings. The molecule has 98 valence electrons. The molecule has 0 aliphatic rings. The molecule has 0 radical (unpaired) electrons. The van der Waals surface area contributed by atoms with Crippen molar-refractivity contribution in [3.8, 4) is 5.69 Å². The molecule has 0 N–H and O–H groups in total. The highest BCUT2D eigenvalue weighted by Gasteiger charge is 2.00. The molecule has 0 spiro atoms. The molecule has 0 bridgehead atoms. The van der Waals surface area contributed by atoms with Crippen molar-refractivity contribution < 1.29 is 0 Å². The largest absolute Gasteiger partial charge is 0.316 e. The van der Waals surface area contributed by atoms with Crippen LogP contribution in [0.1, 0.15) is 5.69 Å². The van der Waals surface area contributed by atoms with Gasteiger partial charge in [-0.15, -0.1) is 0 Å². The SMILES string of the molecule is Clc1ccc(N=Cc2cccn2-c2ccccc2)cc1. The average Bonchev–Trinajstić information content (AvgIpc) is 2.96. The van der Waals surface area contributed by atoms with Crippen LogP contribution in [0.2, 0.25) is 5.02 Å². The molecule has 0 unspecified atom stereocenters. The van der Waals surface area contributed by atoms with Crippen LogP contribution < -0.4 is 0 Å². The number of rotatable bonds is 3. The lowest BCUT2D eigenvalue weighted by Gasteiger charge is -2.05. The molecule has 20 heavy (non-hydrogen) atoms. The summed E-state index contributed by atoms with van der Waals surface area (Å²) < 4.78 is 2.10. The van der Waals surface area contributed by atoms with E-state index in [2.05, 4.69) is 21.7 Å². The minimum absolute atomic E-state index is 0.719. The highest BCUT2D eigenvalue weighted by Crippen LogP contribution is 2.17. The molecule has 0 saturated carbocycles. The second-order valence-electron chi connectivity index (χ2n) is 4.37. The molecule has 2 aromatic carbocycles. The van der Waals surface area contributed by atoms with Gasteiger partial charge in [-0.2, -0.15) is 0 Å². The Hall–Kier alpha value is -2.32. The minimum atomic E-state index is 0.719. The molecular weight excluding hydrogens is 268 g/mol. The summed E-state index contributed by atoms with van der Waals surface area (Å²) in [5.74, 6) is 0. The molecule has 0 aliphatic heterocycles. The van der Waals surface area contributed by atoms with Crippen LogP contribution in [0.25, 0.3) is 5.69 Å². The monoisotopic (exact) mass is 280 g/mol. The third kappa shape index (κ3) is 2.81. The van der Waals surface area contributed by atoms with Crippen LogP contribution >= 0.6 is 11.6 Å². The van der Waals surface area contributed by atoms with Crippen molar-refractivity contribution in [1.82, 2.24) is 4.57 Å². The normalized spacial score (nSPS) is 11.1. The summed E-state index contributed by atoms with van der Waals surface area (Å²) in [7, 11) is 0. The van der Waals surface area contributed by atoms with Crippen molar-refractivity contribution in [2.45, 2.75) is 0 Å². The van der Waals surface area contributed by atoms with Gasteiger partial charge in [0.15, 0.2) is 0 Å². The Kier molecular flexibility index (Phi) is 3.66. The third-order valence-electron chi connectivity index (χ3n) is 2.99. The van der Waals surface area contributed by atoms with Crippen LogP contribution in [-0.2, 0) is 0 Å². The summed E-state index contributed by atoms with van der Waals surface area (Å²) in [5.41, 5.74) is 3.04. The summed E-state index contributed by atoms with van der Waals surface area (Å²) in [6.45, 7) is 0. The Morgan fingerprint density at radius 3 is 2.35 bits per heavy atom. The second-order valence-corrected chi connectivity index (χ2v) is 4.81. The van der Waals surface area contributed by atoms with E-state index in [4.69, 9.17) is 11.6 Å². The van der Waals surface area contributed by atoms with Crippen LogP contribution in [0.4, 0.5) is 5.69 Å². The number of halogens is 1. The van der Waals surface area contributed by atoms with E-state index >= 15 is 0 Å². The predicted molar refractivity (Wildman–Crippen MR) is 84.5 cm³/mol. The molecule has 3 rings (SSSR count). The topological polar surface area (TPSA) is 17.3 Å². The van der Waals surface area contributed by atoms with Gasteiger partial charge >= 0.3 is 0 Å². The van der Waals surface area contributed by atoms with E-state index in [1.807, 2.05) is 67.0 Å². The van der Waals surface area contributed by atoms with Crippen molar-refractivity contribution in [2.75, 3.05) is 0 Å². The zero-order chi connectivity index (χ0) is 13.8. The first-order chi connectivity index (χ1) is 9.83. The summed E-state index contributed by atoms with van der Waals surface area (Å²) in [4.78, 5) is 4.47. The number of aliphatic imine (C=N–C) groups is 1. The van der Waals surface area contributed by atoms with Gasteiger partial charge in [-0.1, -0.05) is 29.8 Å². The Morgan fingerprint density at radius 2 is 1.60 bits per heavy atom. The van der Waals surface area contributed by atoms with Gasteiger partial charge in [0.25, 0.3) is 0 Å². The summed E-state index contributed by atoms with van der Waals surface area (Å²) in [6, 6.07) is 21.7. The van der Waals surface area contributed by atoms with Crippen molar-refractivity contribution in [3.63, 3.8) is 0 Å². The van der Waals surface area contributed by atoms with E-state index in [-0.39, 0.29) is 0 Å². The maximum Gasteiger partial charge on any atom is 0.0639 e. The fourth-order valence-electron chi connectivity index (χ4n) is 1.99. The van der Waals surface area contributed by atoms with E-state index in [1.165, 1.54) is 0 Å². The molecule has 1 heterocycles. The van der Waals surface area contributed by atoms with Crippen molar-refractivity contribution in [1.29, 1.82) is 0 Å². The van der Waals surface area contributed by atoms with Gasteiger partial charge in [-0.3, -0.25) is 4.99 Å². The lowest BCUT2D eigenvalue weighted by Crippen LogP contribution is -1.97. The maximum absolute atomic E-state index is 5.86. The molecule has 0 amide bonds. The van der Waals surface area contributed by atoms with Crippen LogP contribution in [0.5, 0.6) is 0 Å². The smallest absolute Gasteiger partial charge is 0.0639 e. The van der Waals surface area contributed by atoms with Gasteiger partial charge in [0, 0.05) is 16.9 Å². The van der Waals surface area contributed by atoms with Gasteiger partial charge < -0.3 is 4.57 Å². The molecule has 3 heteroatoms. The van der Waals surface area contributed by atoms with Crippen LogP contribution in [0, 0.1) is 0 Å². The van der Waals surface area contributed by atoms with Gasteiger partial charge in [-0.05, 0) is 48.5 Å². The highest BCUT2D eigenvalue weighted by molar-refractivity contribution is 6.30. The summed E-state index contributed by atoms with van der Waals surface area (Å²) in [5, 5.41) is 0.719. The van der Waals surface area contributed by atoms with Crippen LogP contribution in [-0.4, -0.2) is 10.8 Å². The van der Waals surface area contributed by atoms with Gasteiger partial charge in [0.1, 0.15) is 0 Å². The van der Waals surface area contributed by atoms with Gasteiger partial charge in [0.05, 0.1) is 17.6 Å². The zero-order valence-corrected chi connectivity index (χ0v) is 11.5. The predicted octanol–water partition coefficient (Wildman–Crippen LogP) is 4.88. The molecule has 0 aliphatic carbocycles. The molecular formula is C17H13ClN2. The molecule has 0 saturated heterocycles. The van der Waals surface area contributed by atoms with Crippen molar-refractivity contribution in [3.05, 3.63) is 83.6 Å².